The predicted octanol–water partition coefficient (Wildman–Crippen LogP) is 2.40. The second-order valence-electron chi connectivity index (χ2n) is 5.64. The van der Waals surface area contributed by atoms with E-state index in [1.165, 1.54) is 12.8 Å². The SMILES string of the molecule is CC(CCN)SCC(=O)NC1CCCC(C)C1C. The van der Waals surface area contributed by atoms with Crippen LogP contribution < -0.4 is 11.1 Å². The Labute approximate surface area is 116 Å². The highest BCUT2D eigenvalue weighted by atomic mass is 32.2. The topological polar surface area (TPSA) is 55.1 Å². The fourth-order valence-corrected chi connectivity index (χ4v) is 3.39. The molecule has 0 aromatic carbocycles. The van der Waals surface area contributed by atoms with Crippen LogP contribution in [0.4, 0.5) is 0 Å². The number of amides is 1. The first kappa shape index (κ1) is 15.8. The lowest BCUT2D eigenvalue weighted by Gasteiger charge is -2.34. The van der Waals surface area contributed by atoms with Gasteiger partial charge in [0.05, 0.1) is 5.75 Å². The highest BCUT2D eigenvalue weighted by molar-refractivity contribution is 8.00. The maximum Gasteiger partial charge on any atom is 0.230 e. The van der Waals surface area contributed by atoms with Gasteiger partial charge >= 0.3 is 0 Å². The van der Waals surface area contributed by atoms with Crippen LogP contribution in [0.1, 0.15) is 46.5 Å². The molecule has 4 atom stereocenters. The summed E-state index contributed by atoms with van der Waals surface area (Å²) in [5.74, 6) is 2.09. The third-order valence-corrected chi connectivity index (χ3v) is 5.36. The minimum atomic E-state index is 0.190. The Morgan fingerprint density at radius 3 is 2.83 bits per heavy atom. The van der Waals surface area contributed by atoms with Crippen molar-refractivity contribution in [2.45, 2.75) is 57.7 Å². The zero-order valence-corrected chi connectivity index (χ0v) is 12.8. The van der Waals surface area contributed by atoms with E-state index in [4.69, 9.17) is 5.73 Å². The molecule has 0 heterocycles. The van der Waals surface area contributed by atoms with Gasteiger partial charge in [0.25, 0.3) is 0 Å². The van der Waals surface area contributed by atoms with Crippen molar-refractivity contribution in [3.05, 3.63) is 0 Å². The summed E-state index contributed by atoms with van der Waals surface area (Å²) >= 11 is 1.71. The van der Waals surface area contributed by atoms with Crippen molar-refractivity contribution < 1.29 is 4.79 Å². The molecular weight excluding hydrogens is 244 g/mol. The van der Waals surface area contributed by atoms with Gasteiger partial charge in [0.15, 0.2) is 0 Å². The Morgan fingerprint density at radius 1 is 1.44 bits per heavy atom. The third kappa shape index (κ3) is 5.19. The van der Waals surface area contributed by atoms with E-state index < -0.39 is 0 Å². The van der Waals surface area contributed by atoms with E-state index in [2.05, 4.69) is 26.1 Å². The molecule has 0 saturated heterocycles. The monoisotopic (exact) mass is 272 g/mol. The summed E-state index contributed by atoms with van der Waals surface area (Å²) in [5, 5.41) is 3.68. The molecule has 1 fully saturated rings. The number of carbonyl (C=O) groups is 1. The van der Waals surface area contributed by atoms with Crippen molar-refractivity contribution in [3.63, 3.8) is 0 Å². The third-order valence-electron chi connectivity index (χ3n) is 4.13. The number of rotatable bonds is 6. The van der Waals surface area contributed by atoms with Crippen molar-refractivity contribution >= 4 is 17.7 Å². The van der Waals surface area contributed by atoms with Crippen molar-refractivity contribution in [2.24, 2.45) is 17.6 Å². The van der Waals surface area contributed by atoms with Crippen LogP contribution in [0.3, 0.4) is 0 Å². The van der Waals surface area contributed by atoms with E-state index in [1.54, 1.807) is 11.8 Å². The summed E-state index contributed by atoms with van der Waals surface area (Å²) in [5.41, 5.74) is 5.50. The smallest absolute Gasteiger partial charge is 0.230 e. The highest BCUT2D eigenvalue weighted by Gasteiger charge is 2.27. The molecule has 0 aromatic heterocycles. The van der Waals surface area contributed by atoms with E-state index in [-0.39, 0.29) is 5.91 Å². The van der Waals surface area contributed by atoms with Crippen LogP contribution in [-0.2, 0) is 4.79 Å². The van der Waals surface area contributed by atoms with Gasteiger partial charge in [-0.2, -0.15) is 0 Å². The molecule has 0 aliphatic heterocycles. The summed E-state index contributed by atoms with van der Waals surface area (Å²) in [6.45, 7) is 7.39. The summed E-state index contributed by atoms with van der Waals surface area (Å²) < 4.78 is 0. The number of thioether (sulfide) groups is 1. The van der Waals surface area contributed by atoms with Crippen molar-refractivity contribution in [3.8, 4) is 0 Å². The minimum absolute atomic E-state index is 0.190. The zero-order chi connectivity index (χ0) is 13.5. The van der Waals surface area contributed by atoms with E-state index in [1.807, 2.05) is 0 Å². The fraction of sp³-hybridized carbons (Fsp3) is 0.929. The first-order valence-electron chi connectivity index (χ1n) is 7.15. The molecule has 0 bridgehead atoms. The maximum absolute atomic E-state index is 11.9. The lowest BCUT2D eigenvalue weighted by Crippen LogP contribution is -2.44. The molecule has 0 radical (unpaired) electrons. The Kier molecular flexibility index (Phi) is 7.08. The average Bonchev–Trinajstić information content (AvgIpc) is 2.33. The van der Waals surface area contributed by atoms with Gasteiger partial charge in [-0.1, -0.05) is 33.6 Å². The largest absolute Gasteiger partial charge is 0.352 e. The molecule has 0 aromatic rings. The van der Waals surface area contributed by atoms with Crippen molar-refractivity contribution in [1.29, 1.82) is 0 Å². The second kappa shape index (κ2) is 8.05. The summed E-state index contributed by atoms with van der Waals surface area (Å²) in [4.78, 5) is 11.9. The zero-order valence-electron chi connectivity index (χ0n) is 11.9. The molecule has 1 rings (SSSR count). The van der Waals surface area contributed by atoms with E-state index in [9.17, 15) is 4.79 Å². The standard InChI is InChI=1S/C14H28N2OS/c1-10-5-4-6-13(12(10)3)16-14(17)9-18-11(2)7-8-15/h10-13H,4-9,15H2,1-3H3,(H,16,17). The Morgan fingerprint density at radius 2 is 2.17 bits per heavy atom. The number of nitrogens with two attached hydrogens (primary N) is 1. The summed E-state index contributed by atoms with van der Waals surface area (Å²) in [7, 11) is 0. The molecule has 106 valence electrons. The molecule has 1 aliphatic rings. The molecule has 3 nitrogen and oxygen atoms in total. The Hall–Kier alpha value is -0.220. The van der Waals surface area contributed by atoms with Gasteiger partial charge in [0.2, 0.25) is 5.91 Å². The number of hydrogen-bond acceptors (Lipinski definition) is 3. The summed E-state index contributed by atoms with van der Waals surface area (Å²) in [6, 6.07) is 0.381. The molecule has 1 saturated carbocycles. The number of hydrogen-bond donors (Lipinski definition) is 2. The van der Waals surface area contributed by atoms with Gasteiger partial charge in [-0.05, 0) is 31.2 Å². The van der Waals surface area contributed by atoms with Gasteiger partial charge in [-0.3, -0.25) is 4.79 Å². The van der Waals surface area contributed by atoms with E-state index in [0.717, 1.165) is 18.8 Å². The van der Waals surface area contributed by atoms with Crippen molar-refractivity contribution in [2.75, 3.05) is 12.3 Å². The lowest BCUT2D eigenvalue weighted by molar-refractivity contribution is -0.120. The molecule has 1 amide bonds. The van der Waals surface area contributed by atoms with Crippen LogP contribution in [0.2, 0.25) is 0 Å². The molecule has 18 heavy (non-hydrogen) atoms. The van der Waals surface area contributed by atoms with Crippen LogP contribution in [0, 0.1) is 11.8 Å². The Balaban J connectivity index is 2.26. The molecule has 3 N–H and O–H groups in total. The molecular formula is C14H28N2OS. The quantitative estimate of drug-likeness (QED) is 0.780. The van der Waals surface area contributed by atoms with Crippen LogP contribution in [0.25, 0.3) is 0 Å². The highest BCUT2D eigenvalue weighted by Crippen LogP contribution is 2.29. The average molecular weight is 272 g/mol. The predicted molar refractivity (Wildman–Crippen MR) is 79.7 cm³/mol. The Bertz CT molecular complexity index is 260. The number of carbonyl (C=O) groups excluding carboxylic acids is 1. The molecule has 4 heteroatoms. The molecule has 0 spiro atoms. The molecule has 1 aliphatic carbocycles. The minimum Gasteiger partial charge on any atom is -0.352 e. The van der Waals surface area contributed by atoms with Crippen molar-refractivity contribution in [1.82, 2.24) is 5.32 Å². The first-order valence-corrected chi connectivity index (χ1v) is 8.20. The van der Waals surface area contributed by atoms with Gasteiger partial charge in [0.1, 0.15) is 0 Å². The second-order valence-corrected chi connectivity index (χ2v) is 7.07. The van der Waals surface area contributed by atoms with Crippen LogP contribution in [0.5, 0.6) is 0 Å². The van der Waals surface area contributed by atoms with Crippen LogP contribution in [0.15, 0.2) is 0 Å². The first-order chi connectivity index (χ1) is 8.54. The van der Waals surface area contributed by atoms with Gasteiger partial charge < -0.3 is 11.1 Å². The summed E-state index contributed by atoms with van der Waals surface area (Å²) in [6.07, 6.45) is 4.66. The van der Waals surface area contributed by atoms with Gasteiger partial charge in [-0.15, -0.1) is 11.8 Å². The van der Waals surface area contributed by atoms with E-state index in [0.29, 0.717) is 29.5 Å². The van der Waals surface area contributed by atoms with Gasteiger partial charge in [-0.25, -0.2) is 0 Å². The van der Waals surface area contributed by atoms with Crippen LogP contribution in [-0.4, -0.2) is 29.5 Å². The maximum atomic E-state index is 11.9. The molecule has 4 unspecified atom stereocenters. The fourth-order valence-electron chi connectivity index (χ4n) is 2.57. The van der Waals surface area contributed by atoms with Crippen LogP contribution >= 0.6 is 11.8 Å². The normalized spacial score (nSPS) is 29.9. The number of nitrogens with one attached hydrogen (secondary N) is 1. The lowest BCUT2D eigenvalue weighted by atomic mass is 9.78. The van der Waals surface area contributed by atoms with E-state index >= 15 is 0 Å². The van der Waals surface area contributed by atoms with Gasteiger partial charge in [0, 0.05) is 11.3 Å².